The molecule has 1 aromatic carbocycles. The highest BCUT2D eigenvalue weighted by Crippen LogP contribution is 2.39. The number of aliphatic hydroxyl groups excluding tert-OH is 1. The summed E-state index contributed by atoms with van der Waals surface area (Å²) in [6.45, 7) is 0. The maximum absolute atomic E-state index is 12.8. The largest absolute Gasteiger partial charge is 0.501 e. The number of aliphatic hydroxyl groups is 1. The molecule has 138 valence electrons. The van der Waals surface area contributed by atoms with Crippen LogP contribution in [0.5, 0.6) is 0 Å². The Hall–Kier alpha value is -4.19. The molecule has 0 spiro atoms. The molecule has 3 aromatic rings. The standard InChI is InChI=1S/C19H12N4O5/c20-10-14-12-9-13(15-7-4-8-28-15)17(23(26)27)18(24)16(12)21-22(19(14)25)11-5-2-1-3-6-11/h1-8,13,24H,9H2. The molecule has 1 atom stereocenters. The second-order valence-electron chi connectivity index (χ2n) is 6.13. The molecule has 2 heterocycles. The summed E-state index contributed by atoms with van der Waals surface area (Å²) in [5.41, 5.74) is -1.01. The molecule has 0 saturated heterocycles. The minimum atomic E-state index is -0.946. The molecule has 0 amide bonds. The van der Waals surface area contributed by atoms with Gasteiger partial charge in [0.25, 0.3) is 5.56 Å². The molecule has 4 rings (SSSR count). The zero-order valence-corrected chi connectivity index (χ0v) is 14.3. The van der Waals surface area contributed by atoms with Gasteiger partial charge in [-0.15, -0.1) is 0 Å². The molecule has 0 aliphatic heterocycles. The number of hydrogen-bond donors (Lipinski definition) is 1. The van der Waals surface area contributed by atoms with Gasteiger partial charge in [-0.3, -0.25) is 14.9 Å². The maximum Gasteiger partial charge on any atom is 0.300 e. The van der Waals surface area contributed by atoms with Crippen LogP contribution < -0.4 is 5.56 Å². The molecule has 0 bridgehead atoms. The lowest BCUT2D eigenvalue weighted by molar-refractivity contribution is -0.431. The van der Waals surface area contributed by atoms with Crippen molar-refractivity contribution in [3.8, 4) is 11.8 Å². The van der Waals surface area contributed by atoms with Gasteiger partial charge in [0.05, 0.1) is 16.9 Å². The number of benzene rings is 1. The number of allylic oxidation sites excluding steroid dienone is 1. The van der Waals surface area contributed by atoms with Crippen LogP contribution in [-0.2, 0) is 6.42 Å². The summed E-state index contributed by atoms with van der Waals surface area (Å²) in [5.74, 6) is -1.38. The molecular weight excluding hydrogens is 364 g/mol. The van der Waals surface area contributed by atoms with Gasteiger partial charge < -0.3 is 9.52 Å². The quantitative estimate of drug-likeness (QED) is 0.548. The van der Waals surface area contributed by atoms with Gasteiger partial charge in [-0.1, -0.05) is 18.2 Å². The highest BCUT2D eigenvalue weighted by atomic mass is 16.6. The Morgan fingerprint density at radius 3 is 2.64 bits per heavy atom. The van der Waals surface area contributed by atoms with Crippen molar-refractivity contribution in [2.24, 2.45) is 0 Å². The molecule has 1 aliphatic rings. The molecule has 28 heavy (non-hydrogen) atoms. The monoisotopic (exact) mass is 376 g/mol. The number of nitro groups is 1. The molecule has 2 aromatic heterocycles. The molecular formula is C19H12N4O5. The predicted octanol–water partition coefficient (Wildman–Crippen LogP) is 2.54. The molecule has 0 saturated carbocycles. The van der Waals surface area contributed by atoms with Crippen LogP contribution in [0, 0.1) is 21.4 Å². The van der Waals surface area contributed by atoms with Gasteiger partial charge in [0.1, 0.15) is 29.0 Å². The fourth-order valence-corrected chi connectivity index (χ4v) is 3.33. The average molecular weight is 376 g/mol. The Bertz CT molecular complexity index is 1200. The fraction of sp³-hybridized carbons (Fsp3) is 0.105. The number of para-hydroxylation sites is 1. The van der Waals surface area contributed by atoms with Crippen molar-refractivity contribution in [1.82, 2.24) is 9.78 Å². The van der Waals surface area contributed by atoms with Crippen LogP contribution in [0.1, 0.15) is 28.5 Å². The van der Waals surface area contributed by atoms with E-state index in [1.165, 1.54) is 12.3 Å². The summed E-state index contributed by atoms with van der Waals surface area (Å²) in [6.07, 6.45) is 1.29. The van der Waals surface area contributed by atoms with Gasteiger partial charge in [-0.05, 0) is 30.7 Å². The Morgan fingerprint density at radius 2 is 2.04 bits per heavy atom. The first-order valence-electron chi connectivity index (χ1n) is 8.26. The summed E-state index contributed by atoms with van der Waals surface area (Å²) < 4.78 is 6.23. The lowest BCUT2D eigenvalue weighted by atomic mass is 9.85. The third-order valence-corrected chi connectivity index (χ3v) is 4.59. The van der Waals surface area contributed by atoms with Crippen molar-refractivity contribution in [2.75, 3.05) is 0 Å². The minimum Gasteiger partial charge on any atom is -0.501 e. The number of hydrogen-bond acceptors (Lipinski definition) is 7. The van der Waals surface area contributed by atoms with Gasteiger partial charge in [-0.2, -0.15) is 15.0 Å². The number of rotatable bonds is 3. The lowest BCUT2D eigenvalue weighted by Crippen LogP contribution is -2.31. The smallest absolute Gasteiger partial charge is 0.300 e. The second kappa shape index (κ2) is 6.51. The molecule has 9 nitrogen and oxygen atoms in total. The van der Waals surface area contributed by atoms with E-state index < -0.39 is 27.9 Å². The second-order valence-corrected chi connectivity index (χ2v) is 6.13. The predicted molar refractivity (Wildman–Crippen MR) is 96.2 cm³/mol. The van der Waals surface area contributed by atoms with E-state index in [1.54, 1.807) is 36.4 Å². The van der Waals surface area contributed by atoms with Gasteiger partial charge in [0, 0.05) is 5.56 Å². The first-order valence-corrected chi connectivity index (χ1v) is 8.26. The molecule has 1 aliphatic carbocycles. The van der Waals surface area contributed by atoms with Crippen molar-refractivity contribution < 1.29 is 14.4 Å². The summed E-state index contributed by atoms with van der Waals surface area (Å²) in [7, 11) is 0. The molecule has 9 heteroatoms. The van der Waals surface area contributed by atoms with Crippen molar-refractivity contribution in [3.05, 3.63) is 97.5 Å². The third-order valence-electron chi connectivity index (χ3n) is 4.59. The van der Waals surface area contributed by atoms with Crippen LogP contribution in [0.25, 0.3) is 11.4 Å². The maximum atomic E-state index is 12.8. The molecule has 1 unspecified atom stereocenters. The number of nitriles is 1. The van der Waals surface area contributed by atoms with Gasteiger partial charge in [0.15, 0.2) is 0 Å². The summed E-state index contributed by atoms with van der Waals surface area (Å²) in [6, 6.07) is 13.3. The highest BCUT2D eigenvalue weighted by molar-refractivity contribution is 5.67. The Balaban J connectivity index is 2.02. The first kappa shape index (κ1) is 17.2. The Morgan fingerprint density at radius 1 is 1.29 bits per heavy atom. The fourth-order valence-electron chi connectivity index (χ4n) is 3.33. The summed E-state index contributed by atoms with van der Waals surface area (Å²) >= 11 is 0. The Kier molecular flexibility index (Phi) is 4.01. The van der Waals surface area contributed by atoms with E-state index in [0.717, 1.165) is 4.68 Å². The van der Waals surface area contributed by atoms with Gasteiger partial charge >= 0.3 is 5.70 Å². The minimum absolute atomic E-state index is 0.0655. The van der Waals surface area contributed by atoms with E-state index in [1.807, 2.05) is 6.07 Å². The van der Waals surface area contributed by atoms with E-state index in [-0.39, 0.29) is 29.0 Å². The van der Waals surface area contributed by atoms with Crippen LogP contribution in [0.15, 0.2) is 63.6 Å². The zero-order chi connectivity index (χ0) is 19.8. The van der Waals surface area contributed by atoms with E-state index in [9.17, 15) is 25.3 Å². The zero-order valence-electron chi connectivity index (χ0n) is 14.3. The number of aromatic nitrogens is 2. The van der Waals surface area contributed by atoms with E-state index in [0.29, 0.717) is 5.69 Å². The highest BCUT2D eigenvalue weighted by Gasteiger charge is 2.41. The van der Waals surface area contributed by atoms with Crippen molar-refractivity contribution in [1.29, 1.82) is 5.26 Å². The summed E-state index contributed by atoms with van der Waals surface area (Å²) in [4.78, 5) is 23.8. The van der Waals surface area contributed by atoms with Crippen molar-refractivity contribution >= 4 is 5.76 Å². The number of nitrogens with zero attached hydrogens (tertiary/aromatic N) is 4. The normalized spacial score (nSPS) is 15.8. The first-order chi connectivity index (χ1) is 13.5. The number of fused-ring (bicyclic) bond motifs is 1. The Labute approximate surface area is 157 Å². The van der Waals surface area contributed by atoms with E-state index in [2.05, 4.69) is 5.10 Å². The summed E-state index contributed by atoms with van der Waals surface area (Å²) in [5, 5.41) is 36.0. The van der Waals surface area contributed by atoms with Crippen LogP contribution in [0.2, 0.25) is 0 Å². The molecule has 1 N–H and O–H groups in total. The number of furan rings is 1. The van der Waals surface area contributed by atoms with Crippen LogP contribution in [-0.4, -0.2) is 19.8 Å². The van der Waals surface area contributed by atoms with Gasteiger partial charge in [-0.25, -0.2) is 0 Å². The van der Waals surface area contributed by atoms with Crippen LogP contribution in [0.3, 0.4) is 0 Å². The average Bonchev–Trinajstić information content (AvgIpc) is 3.22. The molecule has 0 radical (unpaired) electrons. The van der Waals surface area contributed by atoms with E-state index in [4.69, 9.17) is 4.42 Å². The van der Waals surface area contributed by atoms with Crippen molar-refractivity contribution in [3.63, 3.8) is 0 Å². The molecule has 0 fully saturated rings. The topological polar surface area (TPSA) is 135 Å². The lowest BCUT2D eigenvalue weighted by Gasteiger charge is -2.22. The van der Waals surface area contributed by atoms with Crippen LogP contribution >= 0.6 is 0 Å². The van der Waals surface area contributed by atoms with Gasteiger partial charge in [0.2, 0.25) is 5.76 Å². The van der Waals surface area contributed by atoms with Crippen LogP contribution in [0.4, 0.5) is 0 Å². The van der Waals surface area contributed by atoms with E-state index >= 15 is 0 Å². The third kappa shape index (κ3) is 2.55. The SMILES string of the molecule is N#Cc1c2c(nn(-c3ccccc3)c1=O)C(O)=C([N+](=O)[O-])C(c1ccco1)C2. The van der Waals surface area contributed by atoms with Crippen molar-refractivity contribution in [2.45, 2.75) is 12.3 Å².